The number of carbonyl (C=O) groups is 2. The van der Waals surface area contributed by atoms with Crippen LogP contribution in [-0.2, 0) is 9.59 Å². The number of rotatable bonds is 4. The number of benzene rings is 2. The molecule has 2 aromatic carbocycles. The van der Waals surface area contributed by atoms with Gasteiger partial charge in [-0.15, -0.1) is 0 Å². The van der Waals surface area contributed by atoms with Gasteiger partial charge < -0.3 is 24.4 Å². The summed E-state index contributed by atoms with van der Waals surface area (Å²) in [6.07, 6.45) is 0.143. The molecule has 1 N–H and O–H groups in total. The molecule has 2 aromatic rings. The summed E-state index contributed by atoms with van der Waals surface area (Å²) in [6, 6.07) is 10.4. The summed E-state index contributed by atoms with van der Waals surface area (Å²) in [7, 11) is 1.52. The fraction of sp³-hybridized carbons (Fsp3) is 0.300. The van der Waals surface area contributed by atoms with Gasteiger partial charge >= 0.3 is 0 Å². The predicted octanol–water partition coefficient (Wildman–Crippen LogP) is 3.11. The molecule has 0 bridgehead atoms. The monoisotopic (exact) mass is 402 g/mol. The van der Waals surface area contributed by atoms with Crippen molar-refractivity contribution in [3.05, 3.63) is 41.4 Å². The van der Waals surface area contributed by atoms with Gasteiger partial charge in [-0.05, 0) is 30.3 Å². The lowest BCUT2D eigenvalue weighted by Gasteiger charge is -2.22. The number of anilines is 2. The average Bonchev–Trinajstić information content (AvgIpc) is 3.09. The van der Waals surface area contributed by atoms with Crippen LogP contribution in [0.15, 0.2) is 36.4 Å². The molecular formula is C20H19ClN2O5. The first-order chi connectivity index (χ1) is 13.5. The predicted molar refractivity (Wildman–Crippen MR) is 105 cm³/mol. The van der Waals surface area contributed by atoms with E-state index in [4.69, 9.17) is 25.8 Å². The Hall–Kier alpha value is -2.93. The van der Waals surface area contributed by atoms with Crippen molar-refractivity contribution in [1.29, 1.82) is 0 Å². The van der Waals surface area contributed by atoms with Crippen molar-refractivity contribution in [2.24, 2.45) is 5.92 Å². The number of nitrogens with zero attached hydrogens (tertiary/aromatic N) is 1. The van der Waals surface area contributed by atoms with Gasteiger partial charge in [-0.3, -0.25) is 9.59 Å². The van der Waals surface area contributed by atoms with Crippen LogP contribution < -0.4 is 24.4 Å². The van der Waals surface area contributed by atoms with Gasteiger partial charge in [0.05, 0.1) is 18.1 Å². The molecule has 28 heavy (non-hydrogen) atoms. The number of nitrogens with one attached hydrogen (secondary N) is 1. The van der Waals surface area contributed by atoms with E-state index in [-0.39, 0.29) is 18.2 Å². The second kappa shape index (κ2) is 7.59. The maximum absolute atomic E-state index is 12.6. The molecule has 0 saturated carbocycles. The molecular weight excluding hydrogens is 384 g/mol. The fourth-order valence-corrected chi connectivity index (χ4v) is 3.58. The molecule has 8 heteroatoms. The highest BCUT2D eigenvalue weighted by molar-refractivity contribution is 6.32. The van der Waals surface area contributed by atoms with Crippen LogP contribution in [0.2, 0.25) is 5.02 Å². The molecule has 0 radical (unpaired) electrons. The maximum atomic E-state index is 12.6. The lowest BCUT2D eigenvalue weighted by atomic mass is 10.1. The van der Waals surface area contributed by atoms with Crippen LogP contribution in [0.1, 0.15) is 6.42 Å². The normalized spacial score (nSPS) is 18.1. The highest BCUT2D eigenvalue weighted by Crippen LogP contribution is 2.36. The van der Waals surface area contributed by atoms with Crippen molar-refractivity contribution in [2.75, 3.05) is 37.1 Å². The molecule has 0 spiro atoms. The van der Waals surface area contributed by atoms with Gasteiger partial charge in [0.25, 0.3) is 0 Å². The van der Waals surface area contributed by atoms with Gasteiger partial charge in [0.1, 0.15) is 19.0 Å². The van der Waals surface area contributed by atoms with Crippen LogP contribution in [0.25, 0.3) is 0 Å². The van der Waals surface area contributed by atoms with Crippen molar-refractivity contribution in [2.45, 2.75) is 6.42 Å². The van der Waals surface area contributed by atoms with Crippen LogP contribution in [0.4, 0.5) is 11.4 Å². The van der Waals surface area contributed by atoms with E-state index in [1.54, 1.807) is 41.3 Å². The third-order valence-corrected chi connectivity index (χ3v) is 5.05. The number of ether oxygens (including phenoxy) is 3. The quantitative estimate of drug-likeness (QED) is 0.850. The summed E-state index contributed by atoms with van der Waals surface area (Å²) in [6.45, 7) is 1.28. The van der Waals surface area contributed by atoms with Gasteiger partial charge in [-0.25, -0.2) is 0 Å². The van der Waals surface area contributed by atoms with Crippen molar-refractivity contribution in [3.63, 3.8) is 0 Å². The molecule has 2 aliphatic rings. The zero-order valence-electron chi connectivity index (χ0n) is 15.2. The number of halogens is 1. The third-order valence-electron chi connectivity index (χ3n) is 4.75. The molecule has 0 aliphatic carbocycles. The summed E-state index contributed by atoms with van der Waals surface area (Å²) in [5.41, 5.74) is 1.25. The minimum Gasteiger partial charge on any atom is -0.495 e. The summed E-state index contributed by atoms with van der Waals surface area (Å²) in [5, 5.41) is 3.22. The molecule has 1 saturated heterocycles. The molecule has 146 valence electrons. The molecule has 2 aliphatic heterocycles. The van der Waals surface area contributed by atoms with Gasteiger partial charge in [-0.2, -0.15) is 0 Å². The number of methoxy groups -OCH3 is 1. The number of hydrogen-bond acceptors (Lipinski definition) is 5. The molecule has 0 aromatic heterocycles. The van der Waals surface area contributed by atoms with E-state index >= 15 is 0 Å². The van der Waals surface area contributed by atoms with Gasteiger partial charge in [0.15, 0.2) is 11.5 Å². The molecule has 2 amide bonds. The van der Waals surface area contributed by atoms with Crippen LogP contribution in [0, 0.1) is 5.92 Å². The number of hydrogen-bond donors (Lipinski definition) is 1. The second-order valence-corrected chi connectivity index (χ2v) is 6.98. The first-order valence-electron chi connectivity index (χ1n) is 8.89. The van der Waals surface area contributed by atoms with Crippen LogP contribution in [0.5, 0.6) is 17.2 Å². The first-order valence-corrected chi connectivity index (χ1v) is 9.27. The standard InChI is InChI=1S/C20H19ClN2O5/c1-26-16-4-2-13(9-15(16)21)22-20(25)12-8-19(24)23(11-12)14-3-5-17-18(10-14)28-7-6-27-17/h2-5,9-10,12H,6-8,11H2,1H3,(H,22,25)/t12-/m0/s1. The van der Waals surface area contributed by atoms with Crippen LogP contribution in [0.3, 0.4) is 0 Å². The Balaban J connectivity index is 1.45. The summed E-state index contributed by atoms with van der Waals surface area (Å²) in [5.74, 6) is 1.01. The van der Waals surface area contributed by atoms with E-state index in [2.05, 4.69) is 5.32 Å². The minimum atomic E-state index is -0.457. The zero-order valence-corrected chi connectivity index (χ0v) is 16.0. The topological polar surface area (TPSA) is 77.1 Å². The van der Waals surface area contributed by atoms with E-state index in [1.165, 1.54) is 7.11 Å². The van der Waals surface area contributed by atoms with E-state index in [0.29, 0.717) is 53.4 Å². The Morgan fingerprint density at radius 1 is 1.18 bits per heavy atom. The van der Waals surface area contributed by atoms with Gasteiger partial charge in [-0.1, -0.05) is 11.6 Å². The molecule has 1 atom stereocenters. The number of fused-ring (bicyclic) bond motifs is 1. The SMILES string of the molecule is COc1ccc(NC(=O)[C@H]2CC(=O)N(c3ccc4c(c3)OCCO4)C2)cc1Cl. The Labute approximate surface area is 167 Å². The number of amides is 2. The van der Waals surface area contributed by atoms with E-state index < -0.39 is 5.92 Å². The maximum Gasteiger partial charge on any atom is 0.229 e. The number of carbonyl (C=O) groups excluding carboxylic acids is 2. The largest absolute Gasteiger partial charge is 0.495 e. The average molecular weight is 403 g/mol. The first kappa shape index (κ1) is 18.4. The Kier molecular flexibility index (Phi) is 5.00. The highest BCUT2D eigenvalue weighted by atomic mass is 35.5. The van der Waals surface area contributed by atoms with E-state index in [1.807, 2.05) is 0 Å². The Morgan fingerprint density at radius 3 is 2.71 bits per heavy atom. The second-order valence-electron chi connectivity index (χ2n) is 6.57. The lowest BCUT2D eigenvalue weighted by molar-refractivity contribution is -0.122. The summed E-state index contributed by atoms with van der Waals surface area (Å²) < 4.78 is 16.2. The summed E-state index contributed by atoms with van der Waals surface area (Å²) in [4.78, 5) is 26.7. The molecule has 2 heterocycles. The van der Waals surface area contributed by atoms with Crippen molar-refractivity contribution < 1.29 is 23.8 Å². The van der Waals surface area contributed by atoms with Crippen LogP contribution in [-0.4, -0.2) is 38.7 Å². The van der Waals surface area contributed by atoms with Crippen molar-refractivity contribution in [3.8, 4) is 17.2 Å². The van der Waals surface area contributed by atoms with E-state index in [9.17, 15) is 9.59 Å². The van der Waals surface area contributed by atoms with Gasteiger partial charge in [0.2, 0.25) is 11.8 Å². The highest BCUT2D eigenvalue weighted by Gasteiger charge is 2.35. The lowest BCUT2D eigenvalue weighted by Crippen LogP contribution is -2.28. The summed E-state index contributed by atoms with van der Waals surface area (Å²) >= 11 is 6.10. The Morgan fingerprint density at radius 2 is 1.96 bits per heavy atom. The van der Waals surface area contributed by atoms with Gasteiger partial charge in [0, 0.05) is 30.4 Å². The molecule has 4 rings (SSSR count). The van der Waals surface area contributed by atoms with Crippen LogP contribution >= 0.6 is 11.6 Å². The molecule has 1 fully saturated rings. The fourth-order valence-electron chi connectivity index (χ4n) is 3.32. The molecule has 0 unspecified atom stereocenters. The Bertz CT molecular complexity index is 933. The minimum absolute atomic E-state index is 0.107. The molecule has 7 nitrogen and oxygen atoms in total. The zero-order chi connectivity index (χ0) is 19.7. The van der Waals surface area contributed by atoms with Crippen molar-refractivity contribution in [1.82, 2.24) is 0 Å². The van der Waals surface area contributed by atoms with Crippen molar-refractivity contribution >= 4 is 34.8 Å². The third kappa shape index (κ3) is 3.57. The smallest absolute Gasteiger partial charge is 0.229 e. The van der Waals surface area contributed by atoms with E-state index in [0.717, 1.165) is 0 Å².